The van der Waals surface area contributed by atoms with Crippen molar-refractivity contribution in [1.82, 2.24) is 0 Å². The first-order valence-electron chi connectivity index (χ1n) is 10.4. The Morgan fingerprint density at radius 2 is 1.19 bits per heavy atom. The topological polar surface area (TPSA) is 0 Å². The van der Waals surface area contributed by atoms with E-state index in [1.54, 1.807) is 36.4 Å². The standard InChI is InChI=1S/C28H23F3/c1-3-5-22-13-15-23(26(29)19-22)14-11-20-7-9-21(10-8-20)12-16-25-18-17-24(6-4-2)27(30)28(25)31/h7-10,13,15,17-19H,3-6H2,1-2H3. The molecule has 0 aliphatic rings. The van der Waals surface area contributed by atoms with Crippen LogP contribution in [0.25, 0.3) is 0 Å². The predicted molar refractivity (Wildman–Crippen MR) is 119 cm³/mol. The minimum absolute atomic E-state index is 0.0308. The molecular formula is C28H23F3. The van der Waals surface area contributed by atoms with Gasteiger partial charge in [-0.05, 0) is 66.4 Å². The quantitative estimate of drug-likeness (QED) is 0.410. The van der Waals surface area contributed by atoms with E-state index in [0.29, 0.717) is 28.7 Å². The van der Waals surface area contributed by atoms with Crippen molar-refractivity contribution in [3.8, 4) is 23.7 Å². The Balaban J connectivity index is 1.74. The summed E-state index contributed by atoms with van der Waals surface area (Å²) in [5.74, 6) is 9.27. The molecule has 0 fully saturated rings. The van der Waals surface area contributed by atoms with Crippen molar-refractivity contribution in [2.45, 2.75) is 39.5 Å². The van der Waals surface area contributed by atoms with Crippen molar-refractivity contribution in [2.75, 3.05) is 0 Å². The minimum Gasteiger partial charge on any atom is -0.206 e. The average Bonchev–Trinajstić information content (AvgIpc) is 2.77. The highest BCUT2D eigenvalue weighted by molar-refractivity contribution is 5.49. The van der Waals surface area contributed by atoms with Gasteiger partial charge in [0, 0.05) is 11.1 Å². The van der Waals surface area contributed by atoms with Crippen LogP contribution in [0.3, 0.4) is 0 Å². The summed E-state index contributed by atoms with van der Waals surface area (Å²) in [6.07, 6.45) is 3.04. The average molecular weight is 416 g/mol. The number of benzene rings is 3. The van der Waals surface area contributed by atoms with Crippen molar-refractivity contribution in [1.29, 1.82) is 0 Å². The van der Waals surface area contributed by atoms with Gasteiger partial charge in [0.1, 0.15) is 5.82 Å². The first-order chi connectivity index (χ1) is 15.0. The predicted octanol–water partition coefficient (Wildman–Crippen LogP) is 6.81. The molecule has 31 heavy (non-hydrogen) atoms. The molecule has 3 aromatic carbocycles. The first-order valence-corrected chi connectivity index (χ1v) is 10.4. The molecule has 0 saturated carbocycles. The second-order valence-electron chi connectivity index (χ2n) is 7.29. The van der Waals surface area contributed by atoms with Crippen LogP contribution >= 0.6 is 0 Å². The van der Waals surface area contributed by atoms with E-state index < -0.39 is 11.6 Å². The zero-order valence-corrected chi connectivity index (χ0v) is 17.7. The number of hydrogen-bond acceptors (Lipinski definition) is 0. The second-order valence-corrected chi connectivity index (χ2v) is 7.29. The summed E-state index contributed by atoms with van der Waals surface area (Å²) < 4.78 is 42.4. The van der Waals surface area contributed by atoms with Gasteiger partial charge in [-0.3, -0.25) is 0 Å². The van der Waals surface area contributed by atoms with Crippen molar-refractivity contribution < 1.29 is 13.2 Å². The van der Waals surface area contributed by atoms with E-state index >= 15 is 0 Å². The van der Waals surface area contributed by atoms with E-state index in [2.05, 4.69) is 30.6 Å². The summed E-state index contributed by atoms with van der Waals surface area (Å²) in [5, 5.41) is 0. The molecular weight excluding hydrogens is 393 g/mol. The minimum atomic E-state index is -0.909. The Morgan fingerprint density at radius 3 is 1.77 bits per heavy atom. The SMILES string of the molecule is CCCc1ccc(C#Cc2ccc(C#Cc3ccc(CCC)c(F)c3F)cc2)c(F)c1. The van der Waals surface area contributed by atoms with Crippen molar-refractivity contribution in [2.24, 2.45) is 0 Å². The van der Waals surface area contributed by atoms with Crippen LogP contribution in [-0.2, 0) is 12.8 Å². The van der Waals surface area contributed by atoms with E-state index in [9.17, 15) is 13.2 Å². The molecule has 0 radical (unpaired) electrons. The summed E-state index contributed by atoms with van der Waals surface area (Å²) in [5.41, 5.74) is 3.08. The Kier molecular flexibility index (Phi) is 7.58. The third-order valence-electron chi connectivity index (χ3n) is 4.82. The molecule has 0 nitrogen and oxygen atoms in total. The highest BCUT2D eigenvalue weighted by Crippen LogP contribution is 2.17. The number of halogens is 3. The highest BCUT2D eigenvalue weighted by Gasteiger charge is 2.11. The Morgan fingerprint density at radius 1 is 0.613 bits per heavy atom. The molecule has 0 bridgehead atoms. The summed E-state index contributed by atoms with van der Waals surface area (Å²) in [6.45, 7) is 3.97. The molecule has 0 aliphatic carbocycles. The van der Waals surface area contributed by atoms with Crippen LogP contribution in [0.5, 0.6) is 0 Å². The van der Waals surface area contributed by atoms with Crippen molar-refractivity contribution in [3.63, 3.8) is 0 Å². The van der Waals surface area contributed by atoms with Crippen LogP contribution in [0.2, 0.25) is 0 Å². The number of aryl methyl sites for hydroxylation is 2. The maximum absolute atomic E-state index is 14.2. The Labute approximate surface area is 182 Å². The van der Waals surface area contributed by atoms with Crippen molar-refractivity contribution >= 4 is 0 Å². The van der Waals surface area contributed by atoms with Crippen LogP contribution in [0.15, 0.2) is 54.6 Å². The van der Waals surface area contributed by atoms with E-state index in [1.165, 1.54) is 12.1 Å². The number of hydrogen-bond donors (Lipinski definition) is 0. The summed E-state index contributed by atoms with van der Waals surface area (Å²) in [6, 6.07) is 15.2. The Bertz CT molecular complexity index is 1180. The maximum Gasteiger partial charge on any atom is 0.174 e. The molecule has 0 atom stereocenters. The van der Waals surface area contributed by atoms with Crippen LogP contribution < -0.4 is 0 Å². The first kappa shape index (κ1) is 22.3. The summed E-state index contributed by atoms with van der Waals surface area (Å²) in [7, 11) is 0. The molecule has 0 aromatic heterocycles. The van der Waals surface area contributed by atoms with Gasteiger partial charge >= 0.3 is 0 Å². The van der Waals surface area contributed by atoms with Gasteiger partial charge in [0.05, 0.1) is 11.1 Å². The maximum atomic E-state index is 14.2. The van der Waals surface area contributed by atoms with Gasteiger partial charge in [0.2, 0.25) is 0 Å². The van der Waals surface area contributed by atoms with Crippen LogP contribution in [0.4, 0.5) is 13.2 Å². The fraction of sp³-hybridized carbons (Fsp3) is 0.214. The zero-order chi connectivity index (χ0) is 22.2. The van der Waals surface area contributed by atoms with Gasteiger partial charge in [-0.15, -0.1) is 0 Å². The number of rotatable bonds is 4. The second kappa shape index (κ2) is 10.6. The van der Waals surface area contributed by atoms with Gasteiger partial charge in [0.25, 0.3) is 0 Å². The van der Waals surface area contributed by atoms with Crippen LogP contribution in [0, 0.1) is 41.1 Å². The fourth-order valence-corrected chi connectivity index (χ4v) is 3.17. The molecule has 156 valence electrons. The lowest BCUT2D eigenvalue weighted by Crippen LogP contribution is -1.97. The molecule has 0 saturated heterocycles. The lowest BCUT2D eigenvalue weighted by molar-refractivity contribution is 0.496. The monoisotopic (exact) mass is 416 g/mol. The largest absolute Gasteiger partial charge is 0.206 e. The zero-order valence-electron chi connectivity index (χ0n) is 17.7. The molecule has 3 heteroatoms. The van der Waals surface area contributed by atoms with E-state index in [4.69, 9.17) is 0 Å². The smallest absolute Gasteiger partial charge is 0.174 e. The van der Waals surface area contributed by atoms with E-state index in [-0.39, 0.29) is 11.4 Å². The Hall–Kier alpha value is -3.43. The molecule has 3 rings (SSSR count). The molecule has 0 spiro atoms. The van der Waals surface area contributed by atoms with Gasteiger partial charge in [-0.2, -0.15) is 0 Å². The lowest BCUT2D eigenvalue weighted by Gasteiger charge is -2.03. The highest BCUT2D eigenvalue weighted by atomic mass is 19.2. The summed E-state index contributed by atoms with van der Waals surface area (Å²) in [4.78, 5) is 0. The molecule has 3 aromatic rings. The molecule has 0 unspecified atom stereocenters. The van der Waals surface area contributed by atoms with Gasteiger partial charge in [-0.25, -0.2) is 13.2 Å². The third-order valence-corrected chi connectivity index (χ3v) is 4.82. The fourth-order valence-electron chi connectivity index (χ4n) is 3.17. The van der Waals surface area contributed by atoms with E-state index in [0.717, 1.165) is 24.8 Å². The van der Waals surface area contributed by atoms with E-state index in [1.807, 2.05) is 13.0 Å². The normalized spacial score (nSPS) is 10.1. The van der Waals surface area contributed by atoms with Crippen LogP contribution in [0.1, 0.15) is 60.1 Å². The third kappa shape index (κ3) is 5.80. The van der Waals surface area contributed by atoms with Crippen LogP contribution in [-0.4, -0.2) is 0 Å². The van der Waals surface area contributed by atoms with Crippen molar-refractivity contribution in [3.05, 3.63) is 105 Å². The molecule has 0 heterocycles. The van der Waals surface area contributed by atoms with Gasteiger partial charge in [0.15, 0.2) is 11.6 Å². The molecule has 0 N–H and O–H groups in total. The summed E-state index contributed by atoms with van der Waals surface area (Å²) >= 11 is 0. The lowest BCUT2D eigenvalue weighted by atomic mass is 10.1. The van der Waals surface area contributed by atoms with Gasteiger partial charge in [-0.1, -0.05) is 62.5 Å². The molecule has 0 aliphatic heterocycles. The molecule has 0 amide bonds. The van der Waals surface area contributed by atoms with Gasteiger partial charge < -0.3 is 0 Å².